The SMILES string of the molecule is NC1CC2CCC(C1)N2c1ncnc2c1CCC2. The number of rotatable bonds is 1. The summed E-state index contributed by atoms with van der Waals surface area (Å²) in [7, 11) is 0. The number of piperidine rings is 1. The first-order valence-corrected chi connectivity index (χ1v) is 7.19. The van der Waals surface area contributed by atoms with Gasteiger partial charge < -0.3 is 10.6 Å². The van der Waals surface area contributed by atoms with E-state index in [2.05, 4.69) is 14.9 Å². The van der Waals surface area contributed by atoms with Crippen LogP contribution in [0.2, 0.25) is 0 Å². The van der Waals surface area contributed by atoms with Gasteiger partial charge in [-0.3, -0.25) is 0 Å². The fourth-order valence-corrected chi connectivity index (χ4v) is 4.13. The molecule has 2 unspecified atom stereocenters. The molecule has 3 aliphatic rings. The Balaban J connectivity index is 1.74. The minimum Gasteiger partial charge on any atom is -0.350 e. The van der Waals surface area contributed by atoms with Gasteiger partial charge in [-0.15, -0.1) is 0 Å². The quantitative estimate of drug-likeness (QED) is 0.812. The molecule has 2 N–H and O–H groups in total. The zero-order valence-corrected chi connectivity index (χ0v) is 10.7. The van der Waals surface area contributed by atoms with Crippen LogP contribution in [0.3, 0.4) is 0 Å². The van der Waals surface area contributed by atoms with Crippen molar-refractivity contribution in [2.45, 2.75) is 63.1 Å². The van der Waals surface area contributed by atoms with Gasteiger partial charge in [0.05, 0.1) is 0 Å². The third kappa shape index (κ3) is 1.48. The van der Waals surface area contributed by atoms with E-state index in [9.17, 15) is 0 Å². The van der Waals surface area contributed by atoms with Gasteiger partial charge in [-0.25, -0.2) is 9.97 Å². The molecule has 2 saturated heterocycles. The molecular formula is C14H20N4. The van der Waals surface area contributed by atoms with Crippen LogP contribution in [0.1, 0.15) is 43.4 Å². The third-order valence-electron chi connectivity index (χ3n) is 4.87. The zero-order chi connectivity index (χ0) is 12.1. The summed E-state index contributed by atoms with van der Waals surface area (Å²) in [6.07, 6.45) is 10.1. The highest BCUT2D eigenvalue weighted by Gasteiger charge is 2.41. The lowest BCUT2D eigenvalue weighted by Gasteiger charge is -2.39. The monoisotopic (exact) mass is 244 g/mol. The molecule has 4 rings (SSSR count). The van der Waals surface area contributed by atoms with E-state index in [1.807, 2.05) is 0 Å². The van der Waals surface area contributed by atoms with Gasteiger partial charge in [0.2, 0.25) is 0 Å². The lowest BCUT2D eigenvalue weighted by molar-refractivity contribution is 0.411. The molecule has 1 aliphatic carbocycles. The molecule has 96 valence electrons. The van der Waals surface area contributed by atoms with E-state index >= 15 is 0 Å². The largest absolute Gasteiger partial charge is 0.350 e. The molecule has 18 heavy (non-hydrogen) atoms. The predicted octanol–water partition coefficient (Wildman–Crippen LogP) is 1.42. The van der Waals surface area contributed by atoms with E-state index in [0.29, 0.717) is 18.1 Å². The third-order valence-corrected chi connectivity index (χ3v) is 4.87. The van der Waals surface area contributed by atoms with Crippen molar-refractivity contribution in [1.29, 1.82) is 0 Å². The lowest BCUT2D eigenvalue weighted by atomic mass is 9.97. The van der Waals surface area contributed by atoms with E-state index in [-0.39, 0.29) is 0 Å². The Morgan fingerprint density at radius 1 is 1.11 bits per heavy atom. The minimum absolute atomic E-state index is 0.397. The smallest absolute Gasteiger partial charge is 0.135 e. The Labute approximate surface area is 108 Å². The van der Waals surface area contributed by atoms with Gasteiger partial charge in [0.15, 0.2) is 0 Å². The van der Waals surface area contributed by atoms with Crippen LogP contribution >= 0.6 is 0 Å². The van der Waals surface area contributed by atoms with Crippen LogP contribution in [0.25, 0.3) is 0 Å². The molecule has 2 aliphatic heterocycles. The van der Waals surface area contributed by atoms with Crippen molar-refractivity contribution in [3.63, 3.8) is 0 Å². The van der Waals surface area contributed by atoms with E-state index in [1.165, 1.54) is 36.3 Å². The summed E-state index contributed by atoms with van der Waals surface area (Å²) in [6.45, 7) is 0. The maximum absolute atomic E-state index is 6.15. The van der Waals surface area contributed by atoms with Gasteiger partial charge in [-0.05, 0) is 44.9 Å². The summed E-state index contributed by atoms with van der Waals surface area (Å²) in [5, 5.41) is 0. The highest BCUT2D eigenvalue weighted by atomic mass is 15.3. The van der Waals surface area contributed by atoms with Crippen LogP contribution in [0, 0.1) is 0 Å². The summed E-state index contributed by atoms with van der Waals surface area (Å²) >= 11 is 0. The van der Waals surface area contributed by atoms with E-state index in [4.69, 9.17) is 5.73 Å². The van der Waals surface area contributed by atoms with Crippen molar-refractivity contribution in [1.82, 2.24) is 9.97 Å². The first kappa shape index (κ1) is 10.7. The second-order valence-electron chi connectivity index (χ2n) is 6.00. The molecule has 0 saturated carbocycles. The molecule has 2 bridgehead atoms. The molecule has 3 heterocycles. The zero-order valence-electron chi connectivity index (χ0n) is 10.7. The molecular weight excluding hydrogens is 224 g/mol. The Bertz CT molecular complexity index is 459. The Kier molecular flexibility index (Phi) is 2.34. The molecule has 4 nitrogen and oxygen atoms in total. The van der Waals surface area contributed by atoms with Crippen molar-refractivity contribution in [2.24, 2.45) is 5.73 Å². The van der Waals surface area contributed by atoms with Crippen LogP contribution in [-0.2, 0) is 12.8 Å². The molecule has 4 heteroatoms. The Hall–Kier alpha value is -1.16. The van der Waals surface area contributed by atoms with Gasteiger partial charge in [0.1, 0.15) is 12.1 Å². The summed E-state index contributed by atoms with van der Waals surface area (Å²) in [6, 6.07) is 1.64. The summed E-state index contributed by atoms with van der Waals surface area (Å²) in [5.74, 6) is 1.23. The lowest BCUT2D eigenvalue weighted by Crippen LogP contribution is -2.48. The van der Waals surface area contributed by atoms with Crippen LogP contribution < -0.4 is 10.6 Å². The fourth-order valence-electron chi connectivity index (χ4n) is 4.13. The van der Waals surface area contributed by atoms with Gasteiger partial charge in [0, 0.05) is 29.4 Å². The van der Waals surface area contributed by atoms with Gasteiger partial charge in [-0.2, -0.15) is 0 Å². The van der Waals surface area contributed by atoms with Crippen LogP contribution in [-0.4, -0.2) is 28.1 Å². The van der Waals surface area contributed by atoms with Crippen molar-refractivity contribution in [2.75, 3.05) is 4.90 Å². The second-order valence-corrected chi connectivity index (χ2v) is 6.00. The number of anilines is 1. The first-order valence-electron chi connectivity index (χ1n) is 7.19. The first-order chi connectivity index (χ1) is 8.83. The number of nitrogens with zero attached hydrogens (tertiary/aromatic N) is 3. The maximum Gasteiger partial charge on any atom is 0.135 e. The van der Waals surface area contributed by atoms with Crippen molar-refractivity contribution in [3.05, 3.63) is 17.6 Å². The average Bonchev–Trinajstić information content (AvgIpc) is 2.92. The average molecular weight is 244 g/mol. The normalized spacial score (nSPS) is 33.8. The number of nitrogens with two attached hydrogens (primary N) is 1. The van der Waals surface area contributed by atoms with Gasteiger partial charge in [0.25, 0.3) is 0 Å². The molecule has 2 atom stereocenters. The Morgan fingerprint density at radius 2 is 1.89 bits per heavy atom. The number of aryl methyl sites for hydroxylation is 1. The number of fused-ring (bicyclic) bond motifs is 3. The fraction of sp³-hybridized carbons (Fsp3) is 0.714. The van der Waals surface area contributed by atoms with Crippen molar-refractivity contribution in [3.8, 4) is 0 Å². The summed E-state index contributed by atoms with van der Waals surface area (Å²) < 4.78 is 0. The Morgan fingerprint density at radius 3 is 2.67 bits per heavy atom. The summed E-state index contributed by atoms with van der Waals surface area (Å²) in [4.78, 5) is 11.6. The number of aromatic nitrogens is 2. The van der Waals surface area contributed by atoms with Crippen molar-refractivity contribution >= 4 is 5.82 Å². The van der Waals surface area contributed by atoms with Gasteiger partial charge >= 0.3 is 0 Å². The molecule has 0 spiro atoms. The topological polar surface area (TPSA) is 55.0 Å². The van der Waals surface area contributed by atoms with E-state index in [1.54, 1.807) is 6.33 Å². The molecule has 0 aromatic carbocycles. The van der Waals surface area contributed by atoms with Crippen molar-refractivity contribution < 1.29 is 0 Å². The molecule has 0 amide bonds. The highest BCUT2D eigenvalue weighted by Crippen LogP contribution is 2.40. The van der Waals surface area contributed by atoms with Crippen LogP contribution in [0.5, 0.6) is 0 Å². The molecule has 0 radical (unpaired) electrons. The predicted molar refractivity (Wildman–Crippen MR) is 70.6 cm³/mol. The maximum atomic E-state index is 6.15. The molecule has 1 aromatic heterocycles. The standard InChI is InChI=1S/C14H20N4/c15-9-6-10-4-5-11(7-9)18(10)14-12-2-1-3-13(12)16-8-17-14/h8-11H,1-7,15H2. The van der Waals surface area contributed by atoms with Crippen LogP contribution in [0.15, 0.2) is 6.33 Å². The molecule has 2 fully saturated rings. The van der Waals surface area contributed by atoms with Gasteiger partial charge in [-0.1, -0.05) is 0 Å². The number of hydrogen-bond acceptors (Lipinski definition) is 4. The second kappa shape index (κ2) is 3.92. The highest BCUT2D eigenvalue weighted by molar-refractivity contribution is 5.53. The minimum atomic E-state index is 0.397. The summed E-state index contributed by atoms with van der Waals surface area (Å²) in [5.41, 5.74) is 8.86. The van der Waals surface area contributed by atoms with Crippen LogP contribution in [0.4, 0.5) is 5.82 Å². The number of hydrogen-bond donors (Lipinski definition) is 1. The molecule has 1 aromatic rings. The van der Waals surface area contributed by atoms with E-state index in [0.717, 1.165) is 25.7 Å². The van der Waals surface area contributed by atoms with E-state index < -0.39 is 0 Å².